The van der Waals surface area contributed by atoms with E-state index >= 15 is 0 Å². The maximum absolute atomic E-state index is 13.4. The summed E-state index contributed by atoms with van der Waals surface area (Å²) in [5.41, 5.74) is 3.76. The summed E-state index contributed by atoms with van der Waals surface area (Å²) in [5.74, 6) is 1.72. The number of carbonyl (C=O) groups excluding carboxylic acids is 1. The van der Waals surface area contributed by atoms with E-state index in [1.807, 2.05) is 53.4 Å². The molecule has 0 radical (unpaired) electrons. The SMILES string of the molecule is Cc1noc(C)c1C(=O)N1CCCC1c1nc(Nc2ccccc2)cc(-c2ccncc2)n1. The zero-order valence-corrected chi connectivity index (χ0v) is 18.5. The lowest BCUT2D eigenvalue weighted by molar-refractivity contribution is 0.0727. The van der Waals surface area contributed by atoms with Crippen LogP contribution in [0.25, 0.3) is 11.3 Å². The zero-order chi connectivity index (χ0) is 22.8. The Bertz CT molecular complexity index is 1250. The molecule has 1 saturated heterocycles. The van der Waals surface area contributed by atoms with Crippen LogP contribution in [0.5, 0.6) is 0 Å². The molecule has 4 aromatic rings. The van der Waals surface area contributed by atoms with Crippen LogP contribution >= 0.6 is 0 Å². The summed E-state index contributed by atoms with van der Waals surface area (Å²) >= 11 is 0. The molecule has 1 aliphatic heterocycles. The predicted molar refractivity (Wildman–Crippen MR) is 124 cm³/mol. The van der Waals surface area contributed by atoms with Gasteiger partial charge in [0.2, 0.25) is 0 Å². The summed E-state index contributed by atoms with van der Waals surface area (Å²) in [6.07, 6.45) is 5.15. The molecule has 1 fully saturated rings. The Kier molecular flexibility index (Phi) is 5.56. The van der Waals surface area contributed by atoms with Gasteiger partial charge in [-0.3, -0.25) is 9.78 Å². The number of carbonyl (C=O) groups is 1. The van der Waals surface area contributed by atoms with Gasteiger partial charge in [-0.05, 0) is 51.0 Å². The number of anilines is 2. The number of nitrogens with zero attached hydrogens (tertiary/aromatic N) is 5. The highest BCUT2D eigenvalue weighted by Crippen LogP contribution is 2.34. The molecular weight excluding hydrogens is 416 g/mol. The fourth-order valence-electron chi connectivity index (χ4n) is 4.23. The van der Waals surface area contributed by atoms with Crippen molar-refractivity contribution in [2.45, 2.75) is 32.7 Å². The maximum atomic E-state index is 13.4. The Morgan fingerprint density at radius 2 is 1.88 bits per heavy atom. The number of likely N-dealkylation sites (tertiary alicyclic amines) is 1. The lowest BCUT2D eigenvalue weighted by Gasteiger charge is -2.24. The van der Waals surface area contributed by atoms with Crippen LogP contribution in [0.3, 0.4) is 0 Å². The lowest BCUT2D eigenvalue weighted by Crippen LogP contribution is -2.32. The van der Waals surface area contributed by atoms with Gasteiger partial charge in [0.05, 0.1) is 17.4 Å². The molecule has 1 N–H and O–H groups in total. The van der Waals surface area contributed by atoms with E-state index in [0.29, 0.717) is 35.2 Å². The molecule has 1 aromatic carbocycles. The molecule has 1 unspecified atom stereocenters. The molecule has 3 aromatic heterocycles. The van der Waals surface area contributed by atoms with Crippen LogP contribution in [0.15, 0.2) is 65.4 Å². The number of hydrogen-bond donors (Lipinski definition) is 1. The summed E-state index contributed by atoms with van der Waals surface area (Å²) < 4.78 is 5.23. The third-order valence-corrected chi connectivity index (χ3v) is 5.82. The molecular formula is C25H24N6O2. The molecule has 5 rings (SSSR count). The highest BCUT2D eigenvalue weighted by atomic mass is 16.5. The van der Waals surface area contributed by atoms with Gasteiger partial charge >= 0.3 is 0 Å². The molecule has 4 heterocycles. The van der Waals surface area contributed by atoms with Gasteiger partial charge in [0.25, 0.3) is 5.91 Å². The first-order valence-corrected chi connectivity index (χ1v) is 11.0. The number of hydrogen-bond acceptors (Lipinski definition) is 7. The van der Waals surface area contributed by atoms with Crippen LogP contribution < -0.4 is 5.32 Å². The Balaban J connectivity index is 1.54. The summed E-state index contributed by atoms with van der Waals surface area (Å²) in [4.78, 5) is 29.1. The molecule has 0 aliphatic carbocycles. The van der Waals surface area contributed by atoms with Gasteiger partial charge in [-0.25, -0.2) is 9.97 Å². The van der Waals surface area contributed by atoms with Crippen molar-refractivity contribution in [1.29, 1.82) is 0 Å². The third-order valence-electron chi connectivity index (χ3n) is 5.82. The minimum Gasteiger partial charge on any atom is -0.361 e. The van der Waals surface area contributed by atoms with E-state index in [4.69, 9.17) is 14.5 Å². The van der Waals surface area contributed by atoms with Crippen molar-refractivity contribution < 1.29 is 9.32 Å². The first-order valence-electron chi connectivity index (χ1n) is 11.0. The summed E-state index contributed by atoms with van der Waals surface area (Å²) in [5, 5.41) is 7.32. The quantitative estimate of drug-likeness (QED) is 0.473. The molecule has 166 valence electrons. The average molecular weight is 441 g/mol. The van der Waals surface area contributed by atoms with E-state index in [2.05, 4.69) is 15.5 Å². The predicted octanol–water partition coefficient (Wildman–Crippen LogP) is 4.86. The number of para-hydroxylation sites is 1. The van der Waals surface area contributed by atoms with Crippen molar-refractivity contribution in [2.24, 2.45) is 0 Å². The van der Waals surface area contributed by atoms with Gasteiger partial charge < -0.3 is 14.7 Å². The molecule has 0 bridgehead atoms. The maximum Gasteiger partial charge on any atom is 0.259 e. The Morgan fingerprint density at radius 1 is 1.09 bits per heavy atom. The molecule has 0 spiro atoms. The van der Waals surface area contributed by atoms with Crippen LogP contribution in [-0.2, 0) is 0 Å². The van der Waals surface area contributed by atoms with Crippen molar-refractivity contribution in [1.82, 2.24) is 25.0 Å². The van der Waals surface area contributed by atoms with Crippen LogP contribution in [0, 0.1) is 13.8 Å². The van der Waals surface area contributed by atoms with Gasteiger partial charge in [-0.1, -0.05) is 23.4 Å². The van der Waals surface area contributed by atoms with Crippen LogP contribution in [0.2, 0.25) is 0 Å². The van der Waals surface area contributed by atoms with Gasteiger partial charge in [0, 0.05) is 36.3 Å². The average Bonchev–Trinajstić information content (AvgIpc) is 3.46. The van der Waals surface area contributed by atoms with E-state index in [-0.39, 0.29) is 11.9 Å². The summed E-state index contributed by atoms with van der Waals surface area (Å²) in [6.45, 7) is 4.19. The third kappa shape index (κ3) is 4.19. The normalized spacial score (nSPS) is 15.6. The molecule has 1 atom stereocenters. The fraction of sp³-hybridized carbons (Fsp3) is 0.240. The first kappa shape index (κ1) is 20.8. The van der Waals surface area contributed by atoms with Gasteiger partial charge in [-0.15, -0.1) is 0 Å². The number of benzene rings is 1. The minimum absolute atomic E-state index is 0.0933. The summed E-state index contributed by atoms with van der Waals surface area (Å²) in [6, 6.07) is 15.4. The highest BCUT2D eigenvalue weighted by Gasteiger charge is 2.35. The topological polar surface area (TPSA) is 97.0 Å². The smallest absolute Gasteiger partial charge is 0.259 e. The molecule has 1 aliphatic rings. The molecule has 8 heteroatoms. The van der Waals surface area contributed by atoms with E-state index in [9.17, 15) is 4.79 Å². The van der Waals surface area contributed by atoms with Crippen molar-refractivity contribution >= 4 is 17.4 Å². The zero-order valence-electron chi connectivity index (χ0n) is 18.5. The number of nitrogens with one attached hydrogen (secondary N) is 1. The van der Waals surface area contributed by atoms with E-state index < -0.39 is 0 Å². The standard InChI is InChI=1S/C25H24N6O2/c1-16-23(17(2)33-30-16)25(32)31-14-6-9-21(31)24-28-20(18-10-12-26-13-11-18)15-22(29-24)27-19-7-4-3-5-8-19/h3-5,7-8,10-13,15,21H,6,9,14H2,1-2H3,(H,27,28,29). The molecule has 0 saturated carbocycles. The number of pyridine rings is 1. The molecule has 1 amide bonds. The minimum atomic E-state index is -0.232. The van der Waals surface area contributed by atoms with E-state index in [1.165, 1.54) is 0 Å². The highest BCUT2D eigenvalue weighted by molar-refractivity contribution is 5.96. The van der Waals surface area contributed by atoms with Gasteiger partial charge in [-0.2, -0.15) is 0 Å². The second kappa shape index (κ2) is 8.82. The number of rotatable bonds is 5. The van der Waals surface area contributed by atoms with Crippen LogP contribution in [-0.4, -0.2) is 37.5 Å². The van der Waals surface area contributed by atoms with E-state index in [1.54, 1.807) is 26.2 Å². The monoisotopic (exact) mass is 440 g/mol. The number of amides is 1. The second-order valence-corrected chi connectivity index (χ2v) is 8.08. The molecule has 8 nitrogen and oxygen atoms in total. The Labute approximate surface area is 191 Å². The van der Waals surface area contributed by atoms with E-state index in [0.717, 1.165) is 29.8 Å². The Morgan fingerprint density at radius 3 is 2.61 bits per heavy atom. The van der Waals surface area contributed by atoms with Crippen molar-refractivity contribution in [3.05, 3.63) is 83.8 Å². The van der Waals surface area contributed by atoms with Crippen LogP contribution in [0.4, 0.5) is 11.5 Å². The molecule has 33 heavy (non-hydrogen) atoms. The van der Waals surface area contributed by atoms with Gasteiger partial charge in [0.15, 0.2) is 5.82 Å². The first-order chi connectivity index (χ1) is 16.1. The largest absolute Gasteiger partial charge is 0.361 e. The fourth-order valence-corrected chi connectivity index (χ4v) is 4.23. The number of aryl methyl sites for hydroxylation is 2. The summed E-state index contributed by atoms with van der Waals surface area (Å²) in [7, 11) is 0. The number of aromatic nitrogens is 4. The van der Waals surface area contributed by atoms with Crippen molar-refractivity contribution in [3.8, 4) is 11.3 Å². The van der Waals surface area contributed by atoms with Crippen molar-refractivity contribution in [3.63, 3.8) is 0 Å². The van der Waals surface area contributed by atoms with Crippen LogP contribution in [0.1, 0.15) is 46.5 Å². The lowest BCUT2D eigenvalue weighted by atomic mass is 10.1. The Hall–Kier alpha value is -4.07. The van der Waals surface area contributed by atoms with Crippen molar-refractivity contribution in [2.75, 3.05) is 11.9 Å². The second-order valence-electron chi connectivity index (χ2n) is 8.08. The van der Waals surface area contributed by atoms with Gasteiger partial charge in [0.1, 0.15) is 17.1 Å².